The topological polar surface area (TPSA) is 145 Å². The summed E-state index contributed by atoms with van der Waals surface area (Å²) in [6.45, 7) is 0.649. The molecule has 4 N–H and O–H groups in total. The minimum atomic E-state index is -3.63. The van der Waals surface area contributed by atoms with Gasteiger partial charge in [0.25, 0.3) is 0 Å². The largest absolute Gasteiger partial charge is 0.481 e. The number of benzene rings is 2. The molecule has 1 heterocycles. The van der Waals surface area contributed by atoms with Crippen LogP contribution in [0.2, 0.25) is 0 Å². The number of hydrogen-bond donors (Lipinski definition) is 3. The Kier molecular flexibility index (Phi) is 7.62. The van der Waals surface area contributed by atoms with Crippen LogP contribution in [0, 0.1) is 5.41 Å². The lowest BCUT2D eigenvalue weighted by Crippen LogP contribution is -2.50. The number of piperazine rings is 1. The van der Waals surface area contributed by atoms with Crippen molar-refractivity contribution in [2.45, 2.75) is 12.3 Å². The number of nitrogens with two attached hydrogens (primary N) is 1. The molecule has 2 aromatic carbocycles. The number of amides is 1. The maximum Gasteiger partial charge on any atom is 0.311 e. The molecule has 10 heteroatoms. The molecule has 1 unspecified atom stereocenters. The van der Waals surface area contributed by atoms with Gasteiger partial charge in [-0.15, -0.1) is 0 Å². The van der Waals surface area contributed by atoms with Crippen molar-refractivity contribution in [3.05, 3.63) is 76.7 Å². The Labute approximate surface area is 192 Å². The normalized spacial score (nSPS) is 15.9. The summed E-state index contributed by atoms with van der Waals surface area (Å²) in [5.41, 5.74) is 7.10. The number of aliphatic carboxylic acids is 1. The van der Waals surface area contributed by atoms with Crippen LogP contribution in [-0.2, 0) is 19.6 Å². The Bertz CT molecular complexity index is 1140. The molecular formula is C23H26N4O5S. The second kappa shape index (κ2) is 10.4. The van der Waals surface area contributed by atoms with Crippen LogP contribution in [-0.4, -0.2) is 66.6 Å². The minimum Gasteiger partial charge on any atom is -0.481 e. The molecule has 174 valence electrons. The highest BCUT2D eigenvalue weighted by molar-refractivity contribution is 7.92. The van der Waals surface area contributed by atoms with Crippen molar-refractivity contribution in [1.82, 2.24) is 9.21 Å². The van der Waals surface area contributed by atoms with E-state index >= 15 is 0 Å². The van der Waals surface area contributed by atoms with Crippen LogP contribution in [0.15, 0.2) is 60.0 Å². The van der Waals surface area contributed by atoms with Crippen molar-refractivity contribution in [3.63, 3.8) is 0 Å². The number of nitrogens with one attached hydrogen (secondary N) is 1. The summed E-state index contributed by atoms with van der Waals surface area (Å²) in [4.78, 5) is 26.0. The summed E-state index contributed by atoms with van der Waals surface area (Å²) in [5.74, 6) is -2.66. The Morgan fingerprint density at radius 2 is 1.64 bits per heavy atom. The van der Waals surface area contributed by atoms with Crippen LogP contribution in [0.25, 0.3) is 6.08 Å². The molecule has 1 aliphatic rings. The number of carbonyl (C=O) groups excluding carboxylic acids is 1. The second-order valence-electron chi connectivity index (χ2n) is 7.67. The zero-order chi connectivity index (χ0) is 24.0. The molecule has 2 aromatic rings. The van der Waals surface area contributed by atoms with Crippen LogP contribution >= 0.6 is 0 Å². The number of sulfonamides is 1. The van der Waals surface area contributed by atoms with Gasteiger partial charge in [-0.25, -0.2) is 8.42 Å². The van der Waals surface area contributed by atoms with Gasteiger partial charge in [0.15, 0.2) is 0 Å². The molecule has 1 saturated heterocycles. The zero-order valence-corrected chi connectivity index (χ0v) is 18.7. The monoisotopic (exact) mass is 470 g/mol. The lowest BCUT2D eigenvalue weighted by atomic mass is 9.94. The molecule has 9 nitrogen and oxygen atoms in total. The van der Waals surface area contributed by atoms with Crippen LogP contribution in [0.3, 0.4) is 0 Å². The summed E-state index contributed by atoms with van der Waals surface area (Å²) < 4.78 is 26.5. The lowest BCUT2D eigenvalue weighted by Gasteiger charge is -2.34. The van der Waals surface area contributed by atoms with Gasteiger partial charge in [-0.2, -0.15) is 4.31 Å². The van der Waals surface area contributed by atoms with Gasteiger partial charge in [-0.05, 0) is 17.2 Å². The smallest absolute Gasteiger partial charge is 0.311 e. The number of nitrogen functional groups attached to an aromatic ring is 1. The van der Waals surface area contributed by atoms with E-state index in [1.807, 2.05) is 18.2 Å². The van der Waals surface area contributed by atoms with Crippen LogP contribution < -0.4 is 5.73 Å². The number of hydrogen-bond acceptors (Lipinski definition) is 5. The Balaban J connectivity index is 1.60. The molecule has 1 aliphatic heterocycles. The standard InChI is InChI=1S/C23H26N4O5S/c24-22(25)19-8-6-18(7-9-19)20(23(29)30)16-21(28)26-11-13-27(14-12-26)33(31,32)15-10-17-4-2-1-3-5-17/h1-10,15,20H,11-14,16H2,(H3,24,25)(H,29,30). The molecule has 3 rings (SSSR count). The third-order valence-corrected chi connectivity index (χ3v) is 7.05. The van der Waals surface area contributed by atoms with E-state index in [2.05, 4.69) is 0 Å². The SMILES string of the molecule is N=C(N)c1ccc(C(CC(=O)N2CCN(S(=O)(=O)C=Cc3ccccc3)CC2)C(=O)O)cc1. The van der Waals surface area contributed by atoms with Crippen molar-refractivity contribution >= 4 is 33.8 Å². The number of carboxylic acid groups (broad SMARTS) is 1. The van der Waals surface area contributed by atoms with E-state index in [-0.39, 0.29) is 44.3 Å². The maximum atomic E-state index is 12.8. The number of amidine groups is 1. The summed E-state index contributed by atoms with van der Waals surface area (Å²) in [5, 5.41) is 18.2. The van der Waals surface area contributed by atoms with E-state index < -0.39 is 21.9 Å². The van der Waals surface area contributed by atoms with Crippen LogP contribution in [0.4, 0.5) is 0 Å². The molecule has 1 fully saturated rings. The Morgan fingerprint density at radius 1 is 1.03 bits per heavy atom. The molecule has 0 radical (unpaired) electrons. The average molecular weight is 471 g/mol. The van der Waals surface area contributed by atoms with Gasteiger partial charge < -0.3 is 15.7 Å². The van der Waals surface area contributed by atoms with Crippen molar-refractivity contribution in [3.8, 4) is 0 Å². The minimum absolute atomic E-state index is 0.129. The zero-order valence-electron chi connectivity index (χ0n) is 17.9. The number of carbonyl (C=O) groups is 2. The van der Waals surface area contributed by atoms with Gasteiger partial charge in [0.2, 0.25) is 15.9 Å². The van der Waals surface area contributed by atoms with Crippen LogP contribution in [0.5, 0.6) is 0 Å². The molecular weight excluding hydrogens is 444 g/mol. The Hall–Kier alpha value is -3.50. The number of nitrogens with zero attached hydrogens (tertiary/aromatic N) is 2. The third kappa shape index (κ3) is 6.27. The van der Waals surface area contributed by atoms with Crippen LogP contribution in [0.1, 0.15) is 29.0 Å². The van der Waals surface area contributed by atoms with Gasteiger partial charge in [0.05, 0.1) is 5.92 Å². The molecule has 0 saturated carbocycles. The predicted octanol–water partition coefficient (Wildman–Crippen LogP) is 1.67. The fourth-order valence-electron chi connectivity index (χ4n) is 3.55. The van der Waals surface area contributed by atoms with E-state index in [9.17, 15) is 23.1 Å². The van der Waals surface area contributed by atoms with Crippen molar-refractivity contribution in [2.75, 3.05) is 26.2 Å². The predicted molar refractivity (Wildman–Crippen MR) is 125 cm³/mol. The number of rotatable bonds is 8. The first-order chi connectivity index (χ1) is 15.7. The van der Waals surface area contributed by atoms with Crippen molar-refractivity contribution < 1.29 is 23.1 Å². The highest BCUT2D eigenvalue weighted by atomic mass is 32.2. The summed E-state index contributed by atoms with van der Waals surface area (Å²) >= 11 is 0. The summed E-state index contributed by atoms with van der Waals surface area (Å²) in [6.07, 6.45) is 1.29. The van der Waals surface area contributed by atoms with Gasteiger partial charge in [0.1, 0.15) is 5.84 Å². The van der Waals surface area contributed by atoms with E-state index in [1.165, 1.54) is 15.3 Å². The van der Waals surface area contributed by atoms with Gasteiger partial charge in [-0.1, -0.05) is 54.6 Å². The highest BCUT2D eigenvalue weighted by Crippen LogP contribution is 2.23. The molecule has 0 aliphatic carbocycles. The number of carboxylic acids is 1. The average Bonchev–Trinajstić information content (AvgIpc) is 2.82. The van der Waals surface area contributed by atoms with E-state index in [4.69, 9.17) is 11.1 Å². The molecule has 0 spiro atoms. The van der Waals surface area contributed by atoms with Gasteiger partial charge in [0, 0.05) is 43.6 Å². The molecule has 0 bridgehead atoms. The molecule has 0 aromatic heterocycles. The maximum absolute atomic E-state index is 12.8. The van der Waals surface area contributed by atoms with Gasteiger partial charge in [-0.3, -0.25) is 15.0 Å². The summed E-state index contributed by atoms with van der Waals surface area (Å²) in [7, 11) is -3.63. The Morgan fingerprint density at radius 3 is 2.18 bits per heavy atom. The molecule has 1 atom stereocenters. The highest BCUT2D eigenvalue weighted by Gasteiger charge is 2.30. The first-order valence-corrected chi connectivity index (χ1v) is 11.9. The van der Waals surface area contributed by atoms with E-state index in [1.54, 1.807) is 36.4 Å². The second-order valence-corrected chi connectivity index (χ2v) is 9.49. The first kappa shape index (κ1) is 24.1. The van der Waals surface area contributed by atoms with Crippen molar-refractivity contribution in [2.24, 2.45) is 5.73 Å². The van der Waals surface area contributed by atoms with Crippen molar-refractivity contribution in [1.29, 1.82) is 5.41 Å². The quantitative estimate of drug-likeness (QED) is 0.395. The third-order valence-electron chi connectivity index (χ3n) is 5.48. The molecule has 33 heavy (non-hydrogen) atoms. The summed E-state index contributed by atoms with van der Waals surface area (Å²) in [6, 6.07) is 15.3. The fraction of sp³-hybridized carbons (Fsp3) is 0.261. The van der Waals surface area contributed by atoms with Gasteiger partial charge >= 0.3 is 5.97 Å². The van der Waals surface area contributed by atoms with E-state index in [0.29, 0.717) is 11.1 Å². The lowest BCUT2D eigenvalue weighted by molar-refractivity contribution is -0.143. The first-order valence-electron chi connectivity index (χ1n) is 10.4. The fourth-order valence-corrected chi connectivity index (χ4v) is 4.73. The van der Waals surface area contributed by atoms with E-state index in [0.717, 1.165) is 11.0 Å². The molecule has 1 amide bonds.